The topological polar surface area (TPSA) is 38.4 Å². The number of aromatic nitrogens is 1. The first-order chi connectivity index (χ1) is 24.0. The Kier molecular flexibility index (Phi) is 9.48. The molecule has 3 nitrogen and oxygen atoms in total. The van der Waals surface area contributed by atoms with E-state index < -0.39 is 14.4 Å². The number of hydrogen-bond donors (Lipinski definition) is 0. The largest absolute Gasteiger partial charge is 0.501 e. The second-order valence-corrected chi connectivity index (χ2v) is 18.6. The van der Waals surface area contributed by atoms with Gasteiger partial charge in [-0.05, 0) is 52.1 Å². The van der Waals surface area contributed by atoms with Crippen LogP contribution >= 0.6 is 0 Å². The zero-order valence-corrected chi connectivity index (χ0v) is 31.8. The maximum Gasteiger partial charge on any atom is 0.120 e. The molecule has 1 atom stereocenters. The number of pyridine rings is 1. The van der Waals surface area contributed by atoms with Crippen LogP contribution in [0.4, 0.5) is 5.69 Å². The summed E-state index contributed by atoms with van der Waals surface area (Å²) in [4.78, 5) is 9.65. The Balaban J connectivity index is 0.000000178. The van der Waals surface area contributed by atoms with Gasteiger partial charge in [0.1, 0.15) is 5.58 Å². The monoisotopic (exact) mass is 835 g/mol. The predicted octanol–water partition coefficient (Wildman–Crippen LogP) is 10.9. The average molecular weight is 835 g/mol. The summed E-state index contributed by atoms with van der Waals surface area (Å²) in [6.07, 6.45) is 0.504. The molecular formula is C44H40IrN2OSi-2. The van der Waals surface area contributed by atoms with Crippen molar-refractivity contribution in [3.63, 3.8) is 0 Å². The summed E-state index contributed by atoms with van der Waals surface area (Å²) >= 11 is 0. The van der Waals surface area contributed by atoms with E-state index >= 15 is 0 Å². The van der Waals surface area contributed by atoms with E-state index in [0.717, 1.165) is 44.5 Å². The van der Waals surface area contributed by atoms with Gasteiger partial charge in [0.2, 0.25) is 0 Å². The summed E-state index contributed by atoms with van der Waals surface area (Å²) in [6.45, 7) is 10.6. The Morgan fingerprint density at radius 2 is 1.55 bits per heavy atom. The molecule has 0 fully saturated rings. The van der Waals surface area contributed by atoms with Crippen molar-refractivity contribution in [3.8, 4) is 11.3 Å². The first kappa shape index (κ1) is 31.8. The number of hydrogen-bond acceptors (Lipinski definition) is 3. The van der Waals surface area contributed by atoms with Crippen LogP contribution in [0.3, 0.4) is 0 Å². The van der Waals surface area contributed by atoms with Crippen molar-refractivity contribution in [2.75, 3.05) is 0 Å². The van der Waals surface area contributed by atoms with Gasteiger partial charge in [-0.1, -0.05) is 123 Å². The van der Waals surface area contributed by atoms with Gasteiger partial charge in [0.15, 0.2) is 0 Å². The van der Waals surface area contributed by atoms with Crippen LogP contribution in [0.2, 0.25) is 19.6 Å². The minimum Gasteiger partial charge on any atom is -0.501 e. The molecule has 0 amide bonds. The molecule has 247 valence electrons. The van der Waals surface area contributed by atoms with E-state index in [1.165, 1.54) is 16.3 Å². The molecule has 0 spiro atoms. The molecule has 3 heterocycles. The summed E-state index contributed by atoms with van der Waals surface area (Å²) in [5, 5.41) is 3.42. The van der Waals surface area contributed by atoms with Gasteiger partial charge in [0.25, 0.3) is 0 Å². The molecular weight excluding hydrogens is 793 g/mol. The Morgan fingerprint density at radius 3 is 2.31 bits per heavy atom. The molecule has 0 saturated carbocycles. The van der Waals surface area contributed by atoms with Crippen molar-refractivity contribution >= 4 is 46.6 Å². The summed E-state index contributed by atoms with van der Waals surface area (Å²) in [7, 11) is -1.54. The van der Waals surface area contributed by atoms with E-state index in [4.69, 9.17) is 12.2 Å². The molecule has 1 aliphatic heterocycles. The summed E-state index contributed by atoms with van der Waals surface area (Å²) in [5.41, 5.74) is 9.42. The Morgan fingerprint density at radius 1 is 0.816 bits per heavy atom. The molecule has 2 aromatic heterocycles. The van der Waals surface area contributed by atoms with E-state index in [1.54, 1.807) is 0 Å². The summed E-state index contributed by atoms with van der Waals surface area (Å²) in [6, 6.07) is 47.4. The fourth-order valence-corrected chi connectivity index (χ4v) is 7.32. The van der Waals surface area contributed by atoms with Crippen LogP contribution in [-0.4, -0.2) is 18.8 Å². The minimum absolute atomic E-state index is 0. The zero-order valence-electron chi connectivity index (χ0n) is 30.4. The van der Waals surface area contributed by atoms with Gasteiger partial charge in [-0.3, -0.25) is 4.99 Å². The third-order valence-corrected chi connectivity index (χ3v) is 10.7. The molecule has 49 heavy (non-hydrogen) atoms. The quantitative estimate of drug-likeness (QED) is 0.124. The van der Waals surface area contributed by atoms with E-state index in [1.807, 2.05) is 86.8 Å². The van der Waals surface area contributed by atoms with E-state index in [2.05, 4.69) is 91.4 Å². The number of para-hydroxylation sites is 2. The number of rotatable bonds is 6. The van der Waals surface area contributed by atoms with Gasteiger partial charge < -0.3 is 9.40 Å². The molecule has 8 rings (SSSR count). The van der Waals surface area contributed by atoms with Crippen LogP contribution < -0.4 is 5.19 Å². The van der Waals surface area contributed by atoms with Crippen molar-refractivity contribution in [3.05, 3.63) is 162 Å². The Hall–Kier alpha value is -4.41. The van der Waals surface area contributed by atoms with Crippen LogP contribution in [0.5, 0.6) is 0 Å². The maximum atomic E-state index is 8.54. The third kappa shape index (κ3) is 7.16. The van der Waals surface area contributed by atoms with Crippen LogP contribution in [0.25, 0.3) is 33.2 Å². The molecule has 0 aliphatic carbocycles. The Labute approximate surface area is 307 Å². The first-order valence-corrected chi connectivity index (χ1v) is 20.1. The second kappa shape index (κ2) is 14.6. The van der Waals surface area contributed by atoms with E-state index in [9.17, 15) is 0 Å². The van der Waals surface area contributed by atoms with Crippen molar-refractivity contribution < 1.29 is 27.3 Å². The van der Waals surface area contributed by atoms with Crippen molar-refractivity contribution in [2.45, 2.75) is 45.8 Å². The number of aliphatic imine (C=N–C) groups is 1. The molecule has 5 heteroatoms. The fraction of sp³-hybridized carbons (Fsp3) is 0.182. The van der Waals surface area contributed by atoms with Crippen molar-refractivity contribution in [1.82, 2.24) is 4.98 Å². The first-order valence-electron chi connectivity index (χ1n) is 17.6. The Bertz CT molecular complexity index is 2330. The van der Waals surface area contributed by atoms with Gasteiger partial charge >= 0.3 is 0 Å². The van der Waals surface area contributed by atoms with Crippen molar-refractivity contribution in [1.29, 1.82) is 0 Å². The van der Waals surface area contributed by atoms with Crippen molar-refractivity contribution in [2.24, 2.45) is 10.9 Å². The second-order valence-electron chi connectivity index (χ2n) is 13.5. The van der Waals surface area contributed by atoms with E-state index in [-0.39, 0.29) is 31.9 Å². The number of benzene rings is 5. The average Bonchev–Trinajstić information content (AvgIpc) is 3.71. The standard InChI is InChI=1S/C26H16NO.C18H24NSi.Ir/c1-2-9-17(10-3-1)24-20-12-4-6-15-22(20)27-25(24)21-14-8-13-19-18-11-5-7-16-23(18)28-26(19)21;1-14(2)11-16-12-17(20(3,4)5)13-19-18(16)15-9-7-6-8-10-15;/h1-13,15-16,24H;6-9,12-14H,11H2,1-5H3;/q2*-1;/i;11D2;. The molecule has 1 unspecified atom stereocenters. The SMILES string of the molecule is [2H]C([2H])(c1cc([Si](C)(C)C)cnc1-c1[c-]cccc1)C(C)C.[Ir].[c-]1ccc2c(oc3ccccc32)c1C1=Nc2ccccc2C1c1ccccc1. The molecule has 5 aromatic carbocycles. The van der Waals surface area contributed by atoms with Gasteiger partial charge in [0.05, 0.1) is 19.3 Å². The smallest absolute Gasteiger partial charge is 0.120 e. The van der Waals surface area contributed by atoms with Crippen LogP contribution in [0.1, 0.15) is 44.8 Å². The number of fused-ring (bicyclic) bond motifs is 4. The van der Waals surface area contributed by atoms with Gasteiger partial charge in [-0.15, -0.1) is 54.1 Å². The van der Waals surface area contributed by atoms with E-state index in [0.29, 0.717) is 11.3 Å². The van der Waals surface area contributed by atoms with Crippen LogP contribution in [-0.2, 0) is 26.5 Å². The van der Waals surface area contributed by atoms with Crippen LogP contribution in [0, 0.1) is 18.1 Å². The molecule has 1 radical (unpaired) electrons. The molecule has 0 bridgehead atoms. The maximum absolute atomic E-state index is 8.54. The minimum atomic E-state index is -1.54. The molecule has 0 saturated heterocycles. The summed E-state index contributed by atoms with van der Waals surface area (Å²) in [5.74, 6) is -0.0406. The predicted molar refractivity (Wildman–Crippen MR) is 204 cm³/mol. The molecule has 0 N–H and O–H groups in total. The summed E-state index contributed by atoms with van der Waals surface area (Å²) < 4.78 is 23.3. The van der Waals surface area contributed by atoms with Crippen LogP contribution in [0.15, 0.2) is 137 Å². The zero-order chi connectivity index (χ0) is 35.0. The van der Waals surface area contributed by atoms with Gasteiger partial charge in [0, 0.05) is 40.3 Å². The number of furan rings is 1. The normalized spacial score (nSPS) is 14.7. The fourth-order valence-electron chi connectivity index (χ4n) is 6.29. The molecule has 1 aliphatic rings. The molecule has 7 aromatic rings. The number of nitrogens with zero attached hydrogens (tertiary/aromatic N) is 2. The van der Waals surface area contributed by atoms with Gasteiger partial charge in [-0.25, -0.2) is 0 Å². The van der Waals surface area contributed by atoms with Gasteiger partial charge in [-0.2, -0.15) is 0 Å². The third-order valence-electron chi connectivity index (χ3n) is 8.65.